The number of hydrogen-bond donors (Lipinski definition) is 1. The van der Waals surface area contributed by atoms with Crippen molar-refractivity contribution in [2.75, 3.05) is 11.4 Å². The highest BCUT2D eigenvalue weighted by atomic mass is 16.5. The number of aromatic nitrogens is 4. The largest absolute Gasteiger partial charge is 0.339 e. The summed E-state index contributed by atoms with van der Waals surface area (Å²) in [7, 11) is 0. The van der Waals surface area contributed by atoms with Gasteiger partial charge in [-0.1, -0.05) is 29.8 Å². The van der Waals surface area contributed by atoms with Gasteiger partial charge in [-0.15, -0.1) is 0 Å². The molecule has 8 nitrogen and oxygen atoms in total. The predicted molar refractivity (Wildman–Crippen MR) is 117 cm³/mol. The van der Waals surface area contributed by atoms with E-state index in [4.69, 9.17) is 4.52 Å². The van der Waals surface area contributed by atoms with E-state index < -0.39 is 0 Å². The normalized spacial score (nSPS) is 16.5. The van der Waals surface area contributed by atoms with Crippen LogP contribution in [0.1, 0.15) is 37.1 Å². The number of H-pyrrole nitrogens is 1. The van der Waals surface area contributed by atoms with Gasteiger partial charge in [0, 0.05) is 30.8 Å². The lowest BCUT2D eigenvalue weighted by Gasteiger charge is -2.16. The fourth-order valence-corrected chi connectivity index (χ4v) is 4.11. The zero-order valence-electron chi connectivity index (χ0n) is 17.5. The van der Waals surface area contributed by atoms with Crippen molar-refractivity contribution < 1.29 is 9.32 Å². The topological polar surface area (TPSA) is 97.0 Å². The average Bonchev–Trinajstić information content (AvgIpc) is 3.46. The summed E-state index contributed by atoms with van der Waals surface area (Å²) >= 11 is 0. The molecule has 1 amide bonds. The van der Waals surface area contributed by atoms with Gasteiger partial charge in [0.2, 0.25) is 17.6 Å². The van der Waals surface area contributed by atoms with E-state index in [-0.39, 0.29) is 17.5 Å². The zero-order valence-corrected chi connectivity index (χ0v) is 17.5. The van der Waals surface area contributed by atoms with Gasteiger partial charge in [-0.2, -0.15) is 4.98 Å². The van der Waals surface area contributed by atoms with Crippen molar-refractivity contribution in [1.82, 2.24) is 19.7 Å². The van der Waals surface area contributed by atoms with Crippen molar-refractivity contribution in [2.45, 2.75) is 39.2 Å². The van der Waals surface area contributed by atoms with E-state index in [9.17, 15) is 9.59 Å². The monoisotopic (exact) mass is 417 g/mol. The summed E-state index contributed by atoms with van der Waals surface area (Å²) in [5, 5.41) is 4.12. The lowest BCUT2D eigenvalue weighted by molar-refractivity contribution is -0.117. The molecule has 8 heteroatoms. The first-order chi connectivity index (χ1) is 15.0. The van der Waals surface area contributed by atoms with Crippen LogP contribution in [0.25, 0.3) is 22.4 Å². The van der Waals surface area contributed by atoms with Gasteiger partial charge in [-0.3, -0.25) is 9.36 Å². The summed E-state index contributed by atoms with van der Waals surface area (Å²) in [6.07, 6.45) is 1.21. The lowest BCUT2D eigenvalue weighted by atomic mass is 10.1. The maximum Gasteiger partial charge on any atom is 0.326 e. The van der Waals surface area contributed by atoms with E-state index in [0.717, 1.165) is 34.3 Å². The molecule has 2 aromatic heterocycles. The smallest absolute Gasteiger partial charge is 0.326 e. The molecule has 0 spiro atoms. The maximum absolute atomic E-state index is 12.6. The number of anilines is 1. The van der Waals surface area contributed by atoms with Gasteiger partial charge in [0.15, 0.2) is 0 Å². The van der Waals surface area contributed by atoms with Crippen LogP contribution in [0.4, 0.5) is 5.69 Å². The molecule has 1 aliphatic heterocycles. The number of fused-ring (bicyclic) bond motifs is 1. The number of benzene rings is 2. The Hall–Kier alpha value is -3.68. The van der Waals surface area contributed by atoms with Gasteiger partial charge in [-0.25, -0.2) is 4.79 Å². The van der Waals surface area contributed by atoms with E-state index in [1.54, 1.807) is 9.47 Å². The van der Waals surface area contributed by atoms with Gasteiger partial charge in [0.05, 0.1) is 17.0 Å². The number of nitrogens with one attached hydrogen (secondary N) is 1. The van der Waals surface area contributed by atoms with Gasteiger partial charge in [-0.05, 0) is 43.7 Å². The fraction of sp³-hybridized carbons (Fsp3) is 0.304. The molecule has 1 N–H and O–H groups in total. The highest BCUT2D eigenvalue weighted by Gasteiger charge is 2.35. The minimum Gasteiger partial charge on any atom is -0.339 e. The molecular weight excluding hydrogens is 394 g/mol. The Bertz CT molecular complexity index is 1320. The third-order valence-corrected chi connectivity index (χ3v) is 5.74. The highest BCUT2D eigenvalue weighted by molar-refractivity contribution is 5.96. The van der Waals surface area contributed by atoms with Crippen molar-refractivity contribution >= 4 is 22.6 Å². The number of imidazole rings is 1. The van der Waals surface area contributed by atoms with E-state index in [0.29, 0.717) is 31.2 Å². The summed E-state index contributed by atoms with van der Waals surface area (Å²) in [5.41, 5.74) is 4.26. The summed E-state index contributed by atoms with van der Waals surface area (Å²) in [5.74, 6) is 0.798. The number of hydrogen-bond acceptors (Lipinski definition) is 5. The molecule has 0 saturated carbocycles. The van der Waals surface area contributed by atoms with Crippen LogP contribution in [0, 0.1) is 6.92 Å². The molecule has 31 heavy (non-hydrogen) atoms. The Kier molecular flexibility index (Phi) is 4.69. The van der Waals surface area contributed by atoms with Crippen LogP contribution in [0.3, 0.4) is 0 Å². The van der Waals surface area contributed by atoms with Gasteiger partial charge in [0.1, 0.15) is 0 Å². The van der Waals surface area contributed by atoms with Crippen molar-refractivity contribution in [3.63, 3.8) is 0 Å². The molecule has 0 aliphatic carbocycles. The van der Waals surface area contributed by atoms with E-state index in [1.807, 2.05) is 56.3 Å². The van der Waals surface area contributed by atoms with Gasteiger partial charge < -0.3 is 14.4 Å². The Morgan fingerprint density at radius 3 is 2.74 bits per heavy atom. The van der Waals surface area contributed by atoms with Crippen LogP contribution >= 0.6 is 0 Å². The van der Waals surface area contributed by atoms with E-state index >= 15 is 0 Å². The van der Waals surface area contributed by atoms with Crippen LogP contribution in [0.5, 0.6) is 0 Å². The lowest BCUT2D eigenvalue weighted by Crippen LogP contribution is -2.24. The molecule has 3 heterocycles. The summed E-state index contributed by atoms with van der Waals surface area (Å²) in [6.45, 7) is 5.23. The first-order valence-corrected chi connectivity index (χ1v) is 10.5. The first kappa shape index (κ1) is 19.3. The molecule has 0 unspecified atom stereocenters. The maximum atomic E-state index is 12.6. The second kappa shape index (κ2) is 7.54. The number of amides is 1. The van der Waals surface area contributed by atoms with Crippen LogP contribution < -0.4 is 10.6 Å². The Labute approximate surface area is 178 Å². The molecule has 1 aliphatic rings. The number of rotatable bonds is 5. The van der Waals surface area contributed by atoms with Crippen molar-refractivity contribution in [1.29, 1.82) is 0 Å². The fourth-order valence-electron chi connectivity index (χ4n) is 4.11. The van der Waals surface area contributed by atoms with Gasteiger partial charge >= 0.3 is 5.69 Å². The molecule has 158 valence electrons. The number of aryl methyl sites for hydroxylation is 2. The molecule has 1 saturated heterocycles. The number of nitrogens with zero attached hydrogens (tertiary/aromatic N) is 4. The van der Waals surface area contributed by atoms with Crippen LogP contribution in [0.2, 0.25) is 0 Å². The molecule has 1 atom stereocenters. The predicted octanol–water partition coefficient (Wildman–Crippen LogP) is 3.62. The van der Waals surface area contributed by atoms with Gasteiger partial charge in [0.25, 0.3) is 0 Å². The number of carbonyl (C=O) groups is 1. The first-order valence-electron chi connectivity index (χ1n) is 10.5. The number of aromatic amines is 1. The van der Waals surface area contributed by atoms with Crippen molar-refractivity contribution in [2.24, 2.45) is 0 Å². The number of carbonyl (C=O) groups excluding carboxylic acids is 1. The zero-order chi connectivity index (χ0) is 21.5. The third kappa shape index (κ3) is 3.43. The second-order valence-electron chi connectivity index (χ2n) is 8.01. The Balaban J connectivity index is 1.39. The molecular formula is C23H23N5O3. The van der Waals surface area contributed by atoms with Crippen LogP contribution in [-0.4, -0.2) is 32.1 Å². The Morgan fingerprint density at radius 1 is 1.16 bits per heavy atom. The van der Waals surface area contributed by atoms with Crippen LogP contribution in [-0.2, 0) is 11.3 Å². The minimum absolute atomic E-state index is 0.0462. The summed E-state index contributed by atoms with van der Waals surface area (Å²) in [6, 6.07) is 13.5. The van der Waals surface area contributed by atoms with E-state index in [1.165, 1.54) is 0 Å². The molecule has 0 bridgehead atoms. The van der Waals surface area contributed by atoms with Crippen molar-refractivity contribution in [3.05, 3.63) is 64.4 Å². The molecule has 2 aromatic carbocycles. The quantitative estimate of drug-likeness (QED) is 0.535. The summed E-state index contributed by atoms with van der Waals surface area (Å²) < 4.78 is 7.24. The highest BCUT2D eigenvalue weighted by Crippen LogP contribution is 2.32. The van der Waals surface area contributed by atoms with E-state index in [2.05, 4.69) is 15.1 Å². The Morgan fingerprint density at radius 2 is 1.97 bits per heavy atom. The molecule has 4 aromatic rings. The van der Waals surface area contributed by atoms with Crippen molar-refractivity contribution in [3.8, 4) is 11.4 Å². The molecule has 1 fully saturated rings. The van der Waals surface area contributed by atoms with Crippen LogP contribution in [0.15, 0.2) is 51.8 Å². The average molecular weight is 417 g/mol. The molecule has 0 radical (unpaired) electrons. The third-order valence-electron chi connectivity index (χ3n) is 5.74. The summed E-state index contributed by atoms with van der Waals surface area (Å²) in [4.78, 5) is 33.9. The second-order valence-corrected chi connectivity index (χ2v) is 8.01. The minimum atomic E-state index is -0.149. The SMILES string of the molecule is CCCn1c(=O)[nH]c2cc(-c3noc([C@@H]4CC(=O)N(c5ccc(C)cc5)C4)n3)ccc21. The standard InChI is InChI=1S/C23H23N5O3/c1-3-10-27-19-9-6-15(11-18(19)24-23(27)30)21-25-22(31-26-21)16-12-20(29)28(13-16)17-7-4-14(2)5-8-17/h4-9,11,16H,3,10,12-13H2,1-2H3,(H,24,30)/t16-/m1/s1. The molecule has 5 rings (SSSR count).